The van der Waals surface area contributed by atoms with Crippen molar-refractivity contribution < 1.29 is 43.1 Å². The maximum Gasteiger partial charge on any atom is 0.258 e. The molecule has 65 heavy (non-hydrogen) atoms. The lowest BCUT2D eigenvalue weighted by Gasteiger charge is -2.41. The molecule has 0 unspecified atom stereocenters. The molecule has 7 aromatic carbocycles. The van der Waals surface area contributed by atoms with Crippen LogP contribution in [0.2, 0.25) is 0 Å². The van der Waals surface area contributed by atoms with Crippen LogP contribution >= 0.6 is 11.3 Å². The molecule has 8 aromatic rings. The van der Waals surface area contributed by atoms with E-state index < -0.39 is 147 Å². The lowest BCUT2D eigenvalue weighted by atomic mass is 9.34. The quantitative estimate of drug-likeness (QED) is 0.164. The number of nitrogens with zero attached hydrogens (tertiary/aromatic N) is 2. The van der Waals surface area contributed by atoms with E-state index >= 15 is 0 Å². The first kappa shape index (κ1) is 20.8. The first-order chi connectivity index (χ1) is 42.6. The fourth-order valence-electron chi connectivity index (χ4n) is 10.5. The van der Waals surface area contributed by atoms with Gasteiger partial charge < -0.3 is 14.5 Å². The van der Waals surface area contributed by atoms with Gasteiger partial charge in [0.2, 0.25) is 0 Å². The van der Waals surface area contributed by atoms with Crippen molar-refractivity contribution in [2.75, 3.05) is 9.80 Å². The van der Waals surface area contributed by atoms with E-state index in [9.17, 15) is 13.7 Å². The van der Waals surface area contributed by atoms with Gasteiger partial charge in [-0.25, -0.2) is 0 Å². The van der Waals surface area contributed by atoms with Crippen molar-refractivity contribution in [3.63, 3.8) is 0 Å². The number of thiophene rings is 1. The molecule has 0 atom stereocenters. The molecular weight excluding hydrogens is 808 g/mol. The summed E-state index contributed by atoms with van der Waals surface area (Å²) in [5.41, 5.74) is -9.20. The van der Waals surface area contributed by atoms with E-state index in [1.165, 1.54) is 11.3 Å². The molecule has 0 radical (unpaired) electrons. The largest absolute Gasteiger partial charge is 0.458 e. The summed E-state index contributed by atoms with van der Waals surface area (Å²) in [6, 6.07) is 6.94. The number of hydrogen-bond donors (Lipinski definition) is 0. The van der Waals surface area contributed by atoms with E-state index in [2.05, 4.69) is 33.8 Å². The molecule has 0 N–H and O–H groups in total. The SMILES string of the molecule is [2H]c1c([2H])c(C(C([2H])([2H])[2H])(C([2H])([2H])[2H])C([2H])([2H])[2H])c([2H])c([2H])c1N(c1c([2H])c([2H])c(C(C([2H])([2H])[2H])(C([2H])([2H])[2H])C([2H])([2H])[2H])c([2H])c1[2H])c1c([2H])c2c3c(c1[2H])N(c1ccc4c(c1)CC(C)(C)C4)c1cc4c(cc1B3c1c(ccc3c1sc1ccccc13)O2)CC(C)(C)C4. The van der Waals surface area contributed by atoms with Gasteiger partial charge in [0.15, 0.2) is 0 Å². The van der Waals surface area contributed by atoms with Crippen LogP contribution in [-0.2, 0) is 36.5 Å². The Kier molecular flexibility index (Phi) is 4.44. The predicted molar refractivity (Wildman–Crippen MR) is 280 cm³/mol. The minimum absolute atomic E-state index is 0.0760. The molecule has 3 heterocycles. The van der Waals surface area contributed by atoms with Gasteiger partial charge in [-0.15, -0.1) is 11.3 Å². The third kappa shape index (κ3) is 6.58. The summed E-state index contributed by atoms with van der Waals surface area (Å²) in [6.45, 7) is -17.5. The van der Waals surface area contributed by atoms with E-state index in [0.717, 1.165) is 47.9 Å². The molecule has 2 aliphatic carbocycles. The first-order valence-electron chi connectivity index (χ1n) is 35.5. The zero-order valence-corrected chi connectivity index (χ0v) is 36.8. The van der Waals surface area contributed by atoms with Gasteiger partial charge in [0.1, 0.15) is 11.5 Å². The second kappa shape index (κ2) is 13.9. The lowest BCUT2D eigenvalue weighted by Crippen LogP contribution is -2.59. The zero-order valence-electron chi connectivity index (χ0n) is 64.0. The van der Waals surface area contributed by atoms with Gasteiger partial charge in [-0.1, -0.05) is 123 Å². The van der Waals surface area contributed by atoms with Crippen molar-refractivity contribution in [3.05, 3.63) is 161 Å². The van der Waals surface area contributed by atoms with Gasteiger partial charge in [-0.05, 0) is 164 Å². The van der Waals surface area contributed by atoms with Crippen molar-refractivity contribution in [2.24, 2.45) is 10.8 Å². The first-order valence-corrected chi connectivity index (χ1v) is 22.3. The van der Waals surface area contributed by atoms with Crippen molar-refractivity contribution in [1.29, 1.82) is 0 Å². The highest BCUT2D eigenvalue weighted by atomic mass is 32.1. The summed E-state index contributed by atoms with van der Waals surface area (Å²) < 4.78 is 263. The third-order valence-electron chi connectivity index (χ3n) is 13.2. The molecular formula is C60H59BN2OS. The van der Waals surface area contributed by atoms with Crippen LogP contribution in [0.25, 0.3) is 20.2 Å². The van der Waals surface area contributed by atoms with Crippen LogP contribution in [0.3, 0.4) is 0 Å². The molecule has 1 aromatic heterocycles. The monoisotopic (exact) mass is 895 g/mol. The Morgan fingerprint density at radius 2 is 1.23 bits per heavy atom. The maximum absolute atomic E-state index is 11.0. The van der Waals surface area contributed by atoms with Crippen LogP contribution in [-0.4, -0.2) is 6.71 Å². The van der Waals surface area contributed by atoms with Gasteiger partial charge >= 0.3 is 0 Å². The van der Waals surface area contributed by atoms with E-state index in [1.54, 1.807) is 11.0 Å². The molecule has 3 nitrogen and oxygen atoms in total. The van der Waals surface area contributed by atoms with Crippen LogP contribution < -0.4 is 30.9 Å². The molecule has 0 spiro atoms. The smallest absolute Gasteiger partial charge is 0.258 e. The molecule has 0 amide bonds. The van der Waals surface area contributed by atoms with Crippen molar-refractivity contribution in [2.45, 2.75) is 105 Å². The van der Waals surface area contributed by atoms with E-state index in [-0.39, 0.29) is 33.5 Å². The molecule has 0 saturated carbocycles. The van der Waals surface area contributed by atoms with Crippen LogP contribution in [0.15, 0.2) is 127 Å². The summed E-state index contributed by atoms with van der Waals surface area (Å²) in [5, 5.41) is 1.78. The fraction of sp³-hybridized carbons (Fsp3) is 0.300. The summed E-state index contributed by atoms with van der Waals surface area (Å²) in [4.78, 5) is 2.17. The molecule has 4 aliphatic rings. The molecule has 0 fully saturated rings. The average molecular weight is 895 g/mol. The summed E-state index contributed by atoms with van der Waals surface area (Å²) in [6.07, 6.45) is 2.61. The van der Waals surface area contributed by atoms with E-state index in [0.29, 0.717) is 47.4 Å². The number of ether oxygens (including phenoxy) is 1. The molecule has 2 aliphatic heterocycles. The van der Waals surface area contributed by atoms with Crippen molar-refractivity contribution in [1.82, 2.24) is 0 Å². The fourth-order valence-corrected chi connectivity index (χ4v) is 11.8. The second-order valence-electron chi connectivity index (χ2n) is 19.5. The van der Waals surface area contributed by atoms with Gasteiger partial charge in [0.25, 0.3) is 6.71 Å². The molecule has 0 saturated heterocycles. The van der Waals surface area contributed by atoms with Crippen LogP contribution in [0.4, 0.5) is 34.1 Å². The van der Waals surface area contributed by atoms with Crippen LogP contribution in [0, 0.1) is 10.8 Å². The zero-order chi connectivity index (χ0) is 68.7. The van der Waals surface area contributed by atoms with Gasteiger partial charge in [0.05, 0.1) is 19.4 Å². The predicted octanol–water partition coefficient (Wildman–Crippen LogP) is 14.8. The summed E-state index contributed by atoms with van der Waals surface area (Å²) in [5.74, 6) is -0.136. The average Bonchev–Trinajstić information content (AvgIpc) is 1.27. The molecule has 12 rings (SSSR count). The Hall–Kier alpha value is -5.78. The van der Waals surface area contributed by atoms with Crippen molar-refractivity contribution >= 4 is 88.7 Å². The maximum atomic E-state index is 11.0. The van der Waals surface area contributed by atoms with Crippen LogP contribution in [0.5, 0.6) is 11.5 Å². The number of fused-ring (bicyclic) bond motifs is 10. The minimum atomic E-state index is -4.22. The number of anilines is 6. The standard InChI is InChI=1S/C60H59BN2OS/c1-57(2,3)40-16-21-42(22-17-40)62(43-23-18-41(19-24-43)58(4,5)6)45-30-50-54-52(31-45)64-51-26-25-47-46-13-11-12-14-53(46)65-56(47)55(51)61(54)48-28-38-34-60(9,10)35-39(38)29-49(48)63(50)44-20-15-36-32-59(7,8)33-37(36)27-44/h11-31H,32-35H2,1-10H3/i1D3,2D3,3D3,4D3,5D3,6D3,16D,17D,18D,19D,21D,22D,23D,24D,30D,31D. The normalized spacial score (nSPS) is 23.9. The Morgan fingerprint density at radius 3 is 1.89 bits per heavy atom. The number of rotatable bonds is 4. The highest BCUT2D eigenvalue weighted by Gasteiger charge is 2.45. The topological polar surface area (TPSA) is 15.7 Å². The Labute approximate surface area is 429 Å². The van der Waals surface area contributed by atoms with Crippen molar-refractivity contribution in [3.8, 4) is 11.5 Å². The lowest BCUT2D eigenvalue weighted by molar-refractivity contribution is 0.392. The van der Waals surface area contributed by atoms with Gasteiger partial charge in [0, 0.05) is 79.3 Å². The molecule has 5 heteroatoms. The summed E-state index contributed by atoms with van der Waals surface area (Å²) in [7, 11) is 0. The minimum Gasteiger partial charge on any atom is -0.458 e. The molecule has 0 bridgehead atoms. The molecule has 324 valence electrons. The Balaban J connectivity index is 1.29. The van der Waals surface area contributed by atoms with Crippen LogP contribution in [0.1, 0.15) is 141 Å². The van der Waals surface area contributed by atoms with Gasteiger partial charge in [-0.2, -0.15) is 0 Å². The number of hydrogen-bond acceptors (Lipinski definition) is 4. The highest BCUT2D eigenvalue weighted by molar-refractivity contribution is 7.28. The Morgan fingerprint density at radius 1 is 0.615 bits per heavy atom. The Bertz CT molecular complexity index is 4320. The second-order valence-corrected chi connectivity index (χ2v) is 20.5. The highest BCUT2D eigenvalue weighted by Crippen LogP contribution is 2.50. The van der Waals surface area contributed by atoms with E-state index in [1.807, 2.05) is 54.6 Å². The summed E-state index contributed by atoms with van der Waals surface area (Å²) >= 11 is 1.49. The van der Waals surface area contributed by atoms with E-state index in [4.69, 9.17) is 29.4 Å². The van der Waals surface area contributed by atoms with Gasteiger partial charge in [-0.3, -0.25) is 0 Å². The third-order valence-corrected chi connectivity index (χ3v) is 14.4. The number of benzene rings is 7.